The van der Waals surface area contributed by atoms with E-state index >= 15 is 0 Å². The van der Waals surface area contributed by atoms with Gasteiger partial charge in [-0.15, -0.1) is 0 Å². The molecule has 3 amide bonds. The highest BCUT2D eigenvalue weighted by atomic mass is 19.1. The molecule has 3 aromatic carbocycles. The summed E-state index contributed by atoms with van der Waals surface area (Å²) >= 11 is 0. The topological polar surface area (TPSA) is 95.8 Å². The maximum absolute atomic E-state index is 14.7. The average molecular weight is 638 g/mol. The smallest absolute Gasteiger partial charge is 0.246 e. The molecule has 1 saturated heterocycles. The standard InChI is InChI=1S/C36H33F2N5O4/c1-22(2)41(27-16-13-24(37)14-17-27)34(45)21-40-31-11-7-8-12-32(31)42(26-9-5-4-6-10-26)36(47)29(35(40)46)20-30-28-18-15-25(38)19-33(28)43(39-30)23(3)44/h4-19,22,29,31-32H,20-21H2,1-3H3. The van der Waals surface area contributed by atoms with E-state index in [9.17, 15) is 28.0 Å². The summed E-state index contributed by atoms with van der Waals surface area (Å²) in [7, 11) is 0. The molecule has 9 nitrogen and oxygen atoms in total. The number of nitrogens with zero attached hydrogens (tertiary/aromatic N) is 5. The van der Waals surface area contributed by atoms with Gasteiger partial charge in [-0.1, -0.05) is 42.5 Å². The van der Waals surface area contributed by atoms with Gasteiger partial charge in [0.25, 0.3) is 0 Å². The largest absolute Gasteiger partial charge is 0.324 e. The van der Waals surface area contributed by atoms with E-state index in [1.807, 2.05) is 26.0 Å². The van der Waals surface area contributed by atoms with Crippen molar-refractivity contribution in [2.75, 3.05) is 16.3 Å². The van der Waals surface area contributed by atoms with E-state index in [-0.39, 0.29) is 30.2 Å². The van der Waals surface area contributed by atoms with Crippen LogP contribution in [0.4, 0.5) is 20.2 Å². The van der Waals surface area contributed by atoms with E-state index in [1.165, 1.54) is 59.2 Å². The van der Waals surface area contributed by atoms with Gasteiger partial charge in [-0.25, -0.2) is 8.78 Å². The number of halogens is 2. The van der Waals surface area contributed by atoms with Gasteiger partial charge in [0.1, 0.15) is 24.1 Å². The molecule has 3 atom stereocenters. The number of carbonyl (C=O) groups excluding carboxylic acids is 4. The number of rotatable bonds is 7. The van der Waals surface area contributed by atoms with E-state index < -0.39 is 53.3 Å². The van der Waals surface area contributed by atoms with Crippen LogP contribution in [0.15, 0.2) is 97.1 Å². The van der Waals surface area contributed by atoms with Crippen LogP contribution in [0.1, 0.15) is 31.3 Å². The fraction of sp³-hybridized carbons (Fsp3) is 0.250. The van der Waals surface area contributed by atoms with Crippen molar-refractivity contribution in [2.24, 2.45) is 5.92 Å². The lowest BCUT2D eigenvalue weighted by Gasteiger charge is -2.38. The lowest BCUT2D eigenvalue weighted by atomic mass is 9.97. The predicted molar refractivity (Wildman–Crippen MR) is 174 cm³/mol. The second-order valence-electron chi connectivity index (χ2n) is 11.9. The first-order valence-electron chi connectivity index (χ1n) is 15.3. The molecule has 4 aromatic rings. The van der Waals surface area contributed by atoms with Gasteiger partial charge in [-0.2, -0.15) is 9.78 Å². The first-order valence-corrected chi connectivity index (χ1v) is 15.3. The molecule has 0 spiro atoms. The number of fused-ring (bicyclic) bond motifs is 2. The van der Waals surface area contributed by atoms with Gasteiger partial charge >= 0.3 is 0 Å². The van der Waals surface area contributed by atoms with Crippen LogP contribution in [0, 0.1) is 17.6 Å². The lowest BCUT2D eigenvalue weighted by Crippen LogP contribution is -2.54. The highest BCUT2D eigenvalue weighted by Crippen LogP contribution is 2.33. The van der Waals surface area contributed by atoms with Gasteiger partial charge in [-0.3, -0.25) is 19.2 Å². The third kappa shape index (κ3) is 5.96. The molecule has 6 rings (SSSR count). The molecule has 0 radical (unpaired) electrons. The summed E-state index contributed by atoms with van der Waals surface area (Å²) in [6.07, 6.45) is 6.99. The van der Waals surface area contributed by atoms with Crippen molar-refractivity contribution in [3.63, 3.8) is 0 Å². The van der Waals surface area contributed by atoms with E-state index in [1.54, 1.807) is 47.4 Å². The minimum atomic E-state index is -1.34. The maximum atomic E-state index is 14.7. The minimum Gasteiger partial charge on any atom is -0.324 e. The summed E-state index contributed by atoms with van der Waals surface area (Å²) in [6.45, 7) is 4.56. The number of amides is 3. The summed E-state index contributed by atoms with van der Waals surface area (Å²) in [6, 6.07) is 16.7. The van der Waals surface area contributed by atoms with Crippen LogP contribution in [0.25, 0.3) is 10.9 Å². The molecular formula is C36H33F2N5O4. The molecule has 0 bridgehead atoms. The summed E-state index contributed by atoms with van der Waals surface area (Å²) < 4.78 is 29.0. The zero-order chi connectivity index (χ0) is 33.4. The molecule has 1 aliphatic heterocycles. The van der Waals surface area contributed by atoms with Crippen molar-refractivity contribution < 1.29 is 28.0 Å². The molecule has 240 valence electrons. The minimum absolute atomic E-state index is 0.202. The molecule has 3 unspecified atom stereocenters. The van der Waals surface area contributed by atoms with Crippen LogP contribution < -0.4 is 9.80 Å². The Labute approximate surface area is 270 Å². The third-order valence-corrected chi connectivity index (χ3v) is 8.50. The van der Waals surface area contributed by atoms with E-state index in [0.717, 1.165) is 4.68 Å². The second-order valence-corrected chi connectivity index (χ2v) is 11.9. The highest BCUT2D eigenvalue weighted by Gasteiger charge is 2.47. The van der Waals surface area contributed by atoms with Gasteiger partial charge in [0.05, 0.1) is 23.3 Å². The van der Waals surface area contributed by atoms with Gasteiger partial charge in [-0.05, 0) is 62.4 Å². The monoisotopic (exact) mass is 637 g/mol. The van der Waals surface area contributed by atoms with Crippen molar-refractivity contribution in [1.82, 2.24) is 14.7 Å². The van der Waals surface area contributed by atoms with Crippen LogP contribution in [0.3, 0.4) is 0 Å². The highest BCUT2D eigenvalue weighted by molar-refractivity contribution is 6.11. The number of para-hydroxylation sites is 1. The number of allylic oxidation sites excluding steroid dienone is 2. The molecule has 11 heteroatoms. The summed E-state index contributed by atoms with van der Waals surface area (Å²) in [4.78, 5) is 60.3. The van der Waals surface area contributed by atoms with Crippen molar-refractivity contribution >= 4 is 45.9 Å². The fourth-order valence-electron chi connectivity index (χ4n) is 6.41. The van der Waals surface area contributed by atoms with Gasteiger partial charge in [0.2, 0.25) is 23.6 Å². The van der Waals surface area contributed by atoms with Crippen LogP contribution >= 0.6 is 0 Å². The maximum Gasteiger partial charge on any atom is 0.246 e. The molecule has 1 aromatic heterocycles. The van der Waals surface area contributed by atoms with Crippen molar-refractivity contribution in [3.05, 3.63) is 114 Å². The Kier molecular flexibility index (Phi) is 8.55. The number of anilines is 2. The summed E-state index contributed by atoms with van der Waals surface area (Å²) in [5.41, 5.74) is 1.53. The SMILES string of the molecule is CC(=O)n1nc(CC2C(=O)N(CC(=O)N(c3ccc(F)cc3)C(C)C)C3C=CC=CC3N(c3ccccc3)C2=O)c2ccc(F)cc21. The first-order chi connectivity index (χ1) is 22.5. The molecule has 1 aliphatic carbocycles. The zero-order valence-corrected chi connectivity index (χ0v) is 26.1. The molecule has 47 heavy (non-hydrogen) atoms. The normalized spacial score (nSPS) is 19.3. The van der Waals surface area contributed by atoms with Crippen LogP contribution in [-0.4, -0.2) is 63.0 Å². The fourth-order valence-corrected chi connectivity index (χ4v) is 6.41. The quantitative estimate of drug-likeness (QED) is 0.256. The Morgan fingerprint density at radius 3 is 2.19 bits per heavy atom. The Bertz CT molecular complexity index is 1920. The Morgan fingerprint density at radius 2 is 1.53 bits per heavy atom. The van der Waals surface area contributed by atoms with Gasteiger partial charge < -0.3 is 14.7 Å². The number of aromatic nitrogens is 2. The number of benzene rings is 3. The van der Waals surface area contributed by atoms with Gasteiger partial charge in [0, 0.05) is 42.2 Å². The Morgan fingerprint density at radius 1 is 0.872 bits per heavy atom. The molecule has 2 heterocycles. The predicted octanol–water partition coefficient (Wildman–Crippen LogP) is 5.31. The molecule has 2 aliphatic rings. The van der Waals surface area contributed by atoms with E-state index in [0.29, 0.717) is 16.8 Å². The first kappa shape index (κ1) is 31.5. The Balaban J connectivity index is 1.46. The lowest BCUT2D eigenvalue weighted by molar-refractivity contribution is -0.143. The number of hydrogen-bond donors (Lipinski definition) is 0. The second kappa shape index (κ2) is 12.7. The average Bonchev–Trinajstić information content (AvgIpc) is 3.38. The number of carbonyl (C=O) groups is 4. The van der Waals surface area contributed by atoms with Crippen molar-refractivity contribution in [1.29, 1.82) is 0 Å². The molecular weight excluding hydrogens is 604 g/mol. The molecule has 1 fully saturated rings. The van der Waals surface area contributed by atoms with Crippen molar-refractivity contribution in [3.8, 4) is 0 Å². The van der Waals surface area contributed by atoms with E-state index in [2.05, 4.69) is 5.10 Å². The summed E-state index contributed by atoms with van der Waals surface area (Å²) in [5.74, 6) is -4.31. The van der Waals surface area contributed by atoms with Crippen LogP contribution in [-0.2, 0) is 20.8 Å². The van der Waals surface area contributed by atoms with Gasteiger partial charge in [0.15, 0.2) is 0 Å². The van der Waals surface area contributed by atoms with Crippen molar-refractivity contribution in [2.45, 2.75) is 45.3 Å². The Hall–Kier alpha value is -5.45. The molecule has 0 saturated carbocycles. The van der Waals surface area contributed by atoms with E-state index in [4.69, 9.17) is 0 Å². The summed E-state index contributed by atoms with van der Waals surface area (Å²) in [5, 5.41) is 4.85. The zero-order valence-electron chi connectivity index (χ0n) is 26.1. The number of hydrogen-bond acceptors (Lipinski definition) is 5. The third-order valence-electron chi connectivity index (χ3n) is 8.50. The van der Waals surface area contributed by atoms with Crippen LogP contribution in [0.5, 0.6) is 0 Å². The molecule has 0 N–H and O–H groups in total. The van der Waals surface area contributed by atoms with Crippen LogP contribution in [0.2, 0.25) is 0 Å².